The van der Waals surface area contributed by atoms with Crippen molar-refractivity contribution < 1.29 is 9.13 Å². The van der Waals surface area contributed by atoms with E-state index < -0.39 is 12.8 Å². The van der Waals surface area contributed by atoms with Gasteiger partial charge in [-0.05, 0) is 0 Å². The van der Waals surface area contributed by atoms with Crippen molar-refractivity contribution in [2.75, 3.05) is 0 Å². The first kappa shape index (κ1) is 6.21. The van der Waals surface area contributed by atoms with Crippen LogP contribution in [-0.4, -0.2) is 5.11 Å². The van der Waals surface area contributed by atoms with Gasteiger partial charge in [-0.25, -0.2) is 9.13 Å². The average Bonchev–Trinajstić information content (AvgIpc) is 1.36. The monoisotopic (exact) mass is 125 g/mol. The number of hydrogen-bond acceptors (Lipinski definition) is 4. The second-order valence-corrected chi connectivity index (χ2v) is 2.79. The van der Waals surface area contributed by atoms with Crippen LogP contribution in [0.2, 0.25) is 0 Å². The van der Waals surface area contributed by atoms with Gasteiger partial charge in [-0.3, -0.25) is 0 Å². The summed E-state index contributed by atoms with van der Waals surface area (Å²) < 4.78 is 19.1. The van der Waals surface area contributed by atoms with Crippen LogP contribution in [0.5, 0.6) is 0 Å². The number of rotatable bonds is 1. The van der Waals surface area contributed by atoms with Crippen LogP contribution >= 0.6 is 20.3 Å². The fraction of sp³-hybridized carbons (Fsp3) is 1.00. The molecule has 0 amide bonds. The fourth-order valence-electron chi connectivity index (χ4n) is 0. The Bertz CT molecular complexity index is 89.7. The molecule has 0 fully saturated rings. The third kappa shape index (κ3) is 2.45. The Balaban J connectivity index is 3.57. The van der Waals surface area contributed by atoms with Crippen LogP contribution < -0.4 is 5.73 Å². The highest BCUT2D eigenvalue weighted by atomic mass is 32.1. The van der Waals surface area contributed by atoms with Crippen molar-refractivity contribution in [3.05, 3.63) is 0 Å². The van der Waals surface area contributed by atoms with Crippen LogP contribution in [-0.2, 0) is 9.13 Å². The lowest BCUT2D eigenvalue weighted by Crippen LogP contribution is -2.01. The molecule has 36 valence electrons. The van der Waals surface area contributed by atoms with E-state index in [4.69, 9.17) is 5.73 Å². The van der Waals surface area contributed by atoms with Gasteiger partial charge >= 0.3 is 7.68 Å². The van der Waals surface area contributed by atoms with Crippen LogP contribution in [0.4, 0.5) is 0 Å². The van der Waals surface area contributed by atoms with E-state index in [-0.39, 0.29) is 0 Å². The molecule has 0 radical (unpaired) electrons. The lowest BCUT2D eigenvalue weighted by molar-refractivity contribution is 0.513. The van der Waals surface area contributed by atoms with E-state index in [9.17, 15) is 9.13 Å². The number of nitrogens with two attached hydrogens (primary N) is 1. The quantitative estimate of drug-likeness (QED) is 0.301. The van der Waals surface area contributed by atoms with E-state index >= 15 is 0 Å². The molecule has 0 rings (SSSR count). The van der Waals surface area contributed by atoms with Gasteiger partial charge in [0.2, 0.25) is 0 Å². The Labute approximate surface area is 41.1 Å². The second kappa shape index (κ2) is 2.39. The third-order valence-electron chi connectivity index (χ3n) is 0.216. The van der Waals surface area contributed by atoms with Gasteiger partial charge in [0, 0.05) is 0 Å². The van der Waals surface area contributed by atoms with Crippen molar-refractivity contribution >= 4 is 20.3 Å². The van der Waals surface area contributed by atoms with Gasteiger partial charge in [0.15, 0.2) is 5.11 Å². The van der Waals surface area contributed by atoms with Gasteiger partial charge in [-0.2, -0.15) is 0 Å². The summed E-state index contributed by atoms with van der Waals surface area (Å²) >= 11 is 3.37. The normalized spacial score (nSPS) is 13.7. The lowest BCUT2D eigenvalue weighted by Gasteiger charge is -1.79. The van der Waals surface area contributed by atoms with Gasteiger partial charge in [0.05, 0.1) is 0 Å². The van der Waals surface area contributed by atoms with E-state index in [1.807, 2.05) is 0 Å². The summed E-state index contributed by atoms with van der Waals surface area (Å²) in [5, 5.41) is -1.00. The molecule has 5 heteroatoms. The van der Waals surface area contributed by atoms with E-state index in [0.717, 1.165) is 0 Å². The van der Waals surface area contributed by atoms with Crippen LogP contribution in [0.15, 0.2) is 0 Å². The predicted molar refractivity (Wildman–Crippen MR) is 25.3 cm³/mol. The molecule has 1 atom stereocenters. The smallest absolute Gasteiger partial charge is 0.308 e. The molecule has 0 saturated carbocycles. The van der Waals surface area contributed by atoms with E-state index in [1.54, 1.807) is 0 Å². The third-order valence-corrected chi connectivity index (χ3v) is 1.21. The van der Waals surface area contributed by atoms with Crippen LogP contribution in [0.3, 0.4) is 0 Å². The van der Waals surface area contributed by atoms with Gasteiger partial charge in [-0.1, -0.05) is 0 Å². The van der Waals surface area contributed by atoms with Crippen LogP contribution in [0.25, 0.3) is 0 Å². The molecular formula is CH4NO2PS. The first-order valence-electron chi connectivity index (χ1n) is 1.21. The van der Waals surface area contributed by atoms with Crippen molar-refractivity contribution in [2.24, 2.45) is 5.73 Å². The van der Waals surface area contributed by atoms with Crippen LogP contribution in [0.1, 0.15) is 0 Å². The highest BCUT2D eigenvalue weighted by molar-refractivity contribution is 7.86. The molecule has 0 aliphatic rings. The predicted octanol–water partition coefficient (Wildman–Crippen LogP) is 0.331. The van der Waals surface area contributed by atoms with Gasteiger partial charge < -0.3 is 5.73 Å². The Morgan fingerprint density at radius 3 is 1.83 bits per heavy atom. The van der Waals surface area contributed by atoms with Crippen molar-refractivity contribution in [3.63, 3.8) is 0 Å². The SMILES string of the molecule is NC(S)P(=O)=O. The summed E-state index contributed by atoms with van der Waals surface area (Å²) in [5.74, 6) is 0. The summed E-state index contributed by atoms with van der Waals surface area (Å²) in [4.78, 5) is 0. The van der Waals surface area contributed by atoms with E-state index in [1.165, 1.54) is 0 Å². The topological polar surface area (TPSA) is 60.2 Å². The highest BCUT2D eigenvalue weighted by Gasteiger charge is 1.95. The van der Waals surface area contributed by atoms with Crippen LogP contribution in [0, 0.1) is 0 Å². The van der Waals surface area contributed by atoms with Gasteiger partial charge in [0.25, 0.3) is 0 Å². The van der Waals surface area contributed by atoms with Gasteiger partial charge in [0.1, 0.15) is 0 Å². The van der Waals surface area contributed by atoms with Crippen molar-refractivity contribution in [2.45, 2.75) is 5.11 Å². The van der Waals surface area contributed by atoms with Gasteiger partial charge in [-0.15, -0.1) is 12.6 Å². The zero-order valence-electron chi connectivity index (χ0n) is 2.87. The van der Waals surface area contributed by atoms with E-state index in [0.29, 0.717) is 0 Å². The zero-order valence-corrected chi connectivity index (χ0v) is 4.65. The zero-order chi connectivity index (χ0) is 5.15. The maximum Gasteiger partial charge on any atom is 0.343 e. The molecule has 0 bridgehead atoms. The molecule has 0 aliphatic heterocycles. The summed E-state index contributed by atoms with van der Waals surface area (Å²) in [6, 6.07) is 0. The Morgan fingerprint density at radius 1 is 1.67 bits per heavy atom. The molecule has 2 N–H and O–H groups in total. The lowest BCUT2D eigenvalue weighted by atomic mass is 11.5. The molecule has 0 heterocycles. The maximum absolute atomic E-state index is 9.53. The molecule has 0 aromatic rings. The second-order valence-electron chi connectivity index (χ2n) is 0.699. The molecule has 1 unspecified atom stereocenters. The molecule has 3 nitrogen and oxygen atoms in total. The largest absolute Gasteiger partial charge is 0.343 e. The number of hydrogen-bond donors (Lipinski definition) is 2. The molecule has 0 aromatic carbocycles. The fourth-order valence-corrected chi connectivity index (χ4v) is 0. The highest BCUT2D eigenvalue weighted by Crippen LogP contribution is 2.09. The van der Waals surface area contributed by atoms with Crippen molar-refractivity contribution in [1.29, 1.82) is 0 Å². The summed E-state index contributed by atoms with van der Waals surface area (Å²) in [6.45, 7) is 0. The molecule has 0 spiro atoms. The summed E-state index contributed by atoms with van der Waals surface area (Å²) in [7, 11) is -2.52. The molecule has 0 saturated heterocycles. The Hall–Kier alpha value is 0.210. The van der Waals surface area contributed by atoms with E-state index in [2.05, 4.69) is 12.6 Å². The maximum atomic E-state index is 9.53. The van der Waals surface area contributed by atoms with Crippen molar-refractivity contribution in [1.82, 2.24) is 0 Å². The first-order valence-corrected chi connectivity index (χ1v) is 2.98. The standard InChI is InChI=1S/CH4NO2PS/c2-1(6)5(3)4/h1,6H,2H2. The minimum atomic E-state index is -2.52. The molecular weight excluding hydrogens is 121 g/mol. The molecule has 0 aromatic heterocycles. The molecule has 0 aliphatic carbocycles. The first-order chi connectivity index (χ1) is 2.64. The Kier molecular flexibility index (Phi) is 2.48. The minimum absolute atomic E-state index is 1.00. The number of thiol groups is 1. The Morgan fingerprint density at radius 2 is 1.83 bits per heavy atom. The minimum Gasteiger partial charge on any atom is -0.308 e. The summed E-state index contributed by atoms with van der Waals surface area (Å²) in [6.07, 6.45) is 0. The summed E-state index contributed by atoms with van der Waals surface area (Å²) in [5.41, 5.74) is 4.70. The average molecular weight is 125 g/mol. The molecule has 6 heavy (non-hydrogen) atoms. The van der Waals surface area contributed by atoms with Crippen molar-refractivity contribution in [3.8, 4) is 0 Å².